The zero-order valence-electron chi connectivity index (χ0n) is 13.1. The molecule has 0 aliphatic heterocycles. The Balaban J connectivity index is 1.92. The number of non-ortho nitro benzene ring substituents is 1. The average molecular weight is 322 g/mol. The molecule has 0 atom stereocenters. The van der Waals surface area contributed by atoms with Gasteiger partial charge in [0, 0.05) is 37.2 Å². The van der Waals surface area contributed by atoms with Gasteiger partial charge < -0.3 is 10.6 Å². The third-order valence-electron chi connectivity index (χ3n) is 3.81. The van der Waals surface area contributed by atoms with Crippen molar-refractivity contribution in [2.45, 2.75) is 6.54 Å². The number of pyridine rings is 1. The van der Waals surface area contributed by atoms with Crippen molar-refractivity contribution < 1.29 is 4.92 Å². The lowest BCUT2D eigenvalue weighted by Crippen LogP contribution is -2.29. The van der Waals surface area contributed by atoms with E-state index in [4.69, 9.17) is 5.73 Å². The first kappa shape index (κ1) is 15.9. The summed E-state index contributed by atoms with van der Waals surface area (Å²) >= 11 is 0. The summed E-state index contributed by atoms with van der Waals surface area (Å²) in [6.07, 6.45) is 0. The normalized spacial score (nSPS) is 10.7. The highest BCUT2D eigenvalue weighted by Crippen LogP contribution is 2.23. The highest BCUT2D eigenvalue weighted by molar-refractivity contribution is 5.82. The number of nitro groups is 1. The van der Waals surface area contributed by atoms with Crippen molar-refractivity contribution in [1.29, 1.82) is 0 Å². The van der Waals surface area contributed by atoms with Crippen molar-refractivity contribution in [1.82, 2.24) is 4.98 Å². The third-order valence-corrected chi connectivity index (χ3v) is 3.81. The minimum Gasteiger partial charge on any atom is -0.351 e. The molecule has 2 N–H and O–H groups in total. The number of hydrogen-bond donors (Lipinski definition) is 1. The molecule has 0 aliphatic carbocycles. The molecule has 0 amide bonds. The molecule has 3 rings (SSSR count). The molecule has 1 heterocycles. The summed E-state index contributed by atoms with van der Waals surface area (Å²) in [6.45, 7) is 1.91. The Morgan fingerprint density at radius 2 is 1.88 bits per heavy atom. The van der Waals surface area contributed by atoms with Crippen molar-refractivity contribution in [3.8, 4) is 0 Å². The van der Waals surface area contributed by atoms with Gasteiger partial charge in [-0.1, -0.05) is 30.3 Å². The van der Waals surface area contributed by atoms with Crippen molar-refractivity contribution in [3.63, 3.8) is 0 Å². The molecule has 2 aromatic carbocycles. The molecule has 1 aromatic heterocycles. The molecule has 122 valence electrons. The second-order valence-corrected chi connectivity index (χ2v) is 5.50. The van der Waals surface area contributed by atoms with Gasteiger partial charge in [0.05, 0.1) is 10.4 Å². The molecule has 0 saturated carbocycles. The Bertz CT molecular complexity index is 852. The van der Waals surface area contributed by atoms with Gasteiger partial charge in [0.1, 0.15) is 5.82 Å². The second kappa shape index (κ2) is 7.06. The molecule has 0 radical (unpaired) electrons. The highest BCUT2D eigenvalue weighted by atomic mass is 16.6. The van der Waals surface area contributed by atoms with Crippen LogP contribution in [0.2, 0.25) is 0 Å². The third kappa shape index (κ3) is 3.49. The molecule has 0 spiro atoms. The van der Waals surface area contributed by atoms with E-state index >= 15 is 0 Å². The van der Waals surface area contributed by atoms with Crippen LogP contribution in [0.25, 0.3) is 10.9 Å². The molecule has 24 heavy (non-hydrogen) atoms. The Kier molecular flexibility index (Phi) is 4.67. The predicted octanol–water partition coefficient (Wildman–Crippen LogP) is 3.11. The molecule has 0 unspecified atom stereocenters. The van der Waals surface area contributed by atoms with Crippen LogP contribution in [0.1, 0.15) is 5.56 Å². The predicted molar refractivity (Wildman–Crippen MR) is 94.9 cm³/mol. The SMILES string of the molecule is NCCN(Cc1ccccc1)c1ccc2cc([N+](=O)[O-])ccc2n1. The Morgan fingerprint density at radius 3 is 2.58 bits per heavy atom. The van der Waals surface area contributed by atoms with Crippen LogP contribution in [0.3, 0.4) is 0 Å². The van der Waals surface area contributed by atoms with E-state index in [9.17, 15) is 10.1 Å². The molecular formula is C18H18N4O2. The minimum absolute atomic E-state index is 0.0696. The molecule has 0 fully saturated rings. The van der Waals surface area contributed by atoms with Gasteiger partial charge in [-0.3, -0.25) is 10.1 Å². The van der Waals surface area contributed by atoms with Crippen molar-refractivity contribution >= 4 is 22.4 Å². The average Bonchev–Trinajstić information content (AvgIpc) is 2.61. The Morgan fingerprint density at radius 1 is 1.08 bits per heavy atom. The molecule has 6 heteroatoms. The number of fused-ring (bicyclic) bond motifs is 1. The van der Waals surface area contributed by atoms with Gasteiger partial charge in [-0.15, -0.1) is 0 Å². The molecule has 0 aliphatic rings. The number of hydrogen-bond acceptors (Lipinski definition) is 5. The van der Waals surface area contributed by atoms with Crippen molar-refractivity contribution in [2.75, 3.05) is 18.0 Å². The van der Waals surface area contributed by atoms with Gasteiger partial charge >= 0.3 is 0 Å². The van der Waals surface area contributed by atoms with Crippen LogP contribution in [0, 0.1) is 10.1 Å². The first-order chi connectivity index (χ1) is 11.7. The summed E-state index contributed by atoms with van der Waals surface area (Å²) in [7, 11) is 0. The van der Waals surface area contributed by atoms with E-state index in [1.54, 1.807) is 6.07 Å². The van der Waals surface area contributed by atoms with E-state index in [1.165, 1.54) is 17.7 Å². The van der Waals surface area contributed by atoms with Crippen molar-refractivity contribution in [2.24, 2.45) is 5.73 Å². The van der Waals surface area contributed by atoms with Gasteiger partial charge in [0.15, 0.2) is 0 Å². The molecule has 0 saturated heterocycles. The van der Waals surface area contributed by atoms with E-state index in [0.717, 1.165) is 16.7 Å². The van der Waals surface area contributed by atoms with Gasteiger partial charge in [-0.2, -0.15) is 0 Å². The number of nitrogens with two attached hydrogens (primary N) is 1. The van der Waals surface area contributed by atoms with Crippen LogP contribution < -0.4 is 10.6 Å². The van der Waals surface area contributed by atoms with Crippen LogP contribution >= 0.6 is 0 Å². The van der Waals surface area contributed by atoms with E-state index in [0.29, 0.717) is 19.6 Å². The van der Waals surface area contributed by atoms with E-state index in [1.807, 2.05) is 30.3 Å². The van der Waals surface area contributed by atoms with Gasteiger partial charge in [-0.05, 0) is 23.8 Å². The number of rotatable bonds is 6. The summed E-state index contributed by atoms with van der Waals surface area (Å²) in [4.78, 5) is 17.2. The lowest BCUT2D eigenvalue weighted by Gasteiger charge is -2.23. The summed E-state index contributed by atoms with van der Waals surface area (Å²) in [5.74, 6) is 0.811. The maximum Gasteiger partial charge on any atom is 0.270 e. The number of aromatic nitrogens is 1. The van der Waals surface area contributed by atoms with Gasteiger partial charge in [0.25, 0.3) is 5.69 Å². The summed E-state index contributed by atoms with van der Waals surface area (Å²) in [5, 5.41) is 11.6. The summed E-state index contributed by atoms with van der Waals surface area (Å²) in [5.41, 5.74) is 7.72. The Hall–Kier alpha value is -2.99. The zero-order valence-corrected chi connectivity index (χ0v) is 13.1. The van der Waals surface area contributed by atoms with Crippen molar-refractivity contribution in [3.05, 3.63) is 76.3 Å². The lowest BCUT2D eigenvalue weighted by atomic mass is 10.2. The van der Waals surface area contributed by atoms with E-state index < -0.39 is 4.92 Å². The maximum atomic E-state index is 10.9. The van der Waals surface area contributed by atoms with Crippen LogP contribution in [0.5, 0.6) is 0 Å². The fourth-order valence-corrected chi connectivity index (χ4v) is 2.63. The fourth-order valence-electron chi connectivity index (χ4n) is 2.63. The lowest BCUT2D eigenvalue weighted by molar-refractivity contribution is -0.384. The van der Waals surface area contributed by atoms with Crippen LogP contribution in [-0.2, 0) is 6.54 Å². The first-order valence-corrected chi connectivity index (χ1v) is 7.71. The number of anilines is 1. The summed E-state index contributed by atoms with van der Waals surface area (Å²) in [6, 6.07) is 18.6. The molecular weight excluding hydrogens is 304 g/mol. The molecule has 3 aromatic rings. The standard InChI is InChI=1S/C18H18N4O2/c19-10-11-21(13-14-4-2-1-3-5-14)18-9-6-15-12-16(22(23)24)7-8-17(15)20-18/h1-9,12H,10-11,13,19H2. The number of nitro benzene ring substituents is 1. The fraction of sp³-hybridized carbons (Fsp3) is 0.167. The zero-order chi connectivity index (χ0) is 16.9. The Labute approximate surface area is 139 Å². The van der Waals surface area contributed by atoms with Gasteiger partial charge in [-0.25, -0.2) is 4.98 Å². The van der Waals surface area contributed by atoms with E-state index in [-0.39, 0.29) is 5.69 Å². The van der Waals surface area contributed by atoms with E-state index in [2.05, 4.69) is 22.0 Å². The molecule has 6 nitrogen and oxygen atoms in total. The van der Waals surface area contributed by atoms with Crippen LogP contribution in [0.4, 0.5) is 11.5 Å². The smallest absolute Gasteiger partial charge is 0.270 e. The number of nitrogens with zero attached hydrogens (tertiary/aromatic N) is 3. The number of benzene rings is 2. The summed E-state index contributed by atoms with van der Waals surface area (Å²) < 4.78 is 0. The second-order valence-electron chi connectivity index (χ2n) is 5.50. The van der Waals surface area contributed by atoms with Crippen LogP contribution in [-0.4, -0.2) is 23.0 Å². The minimum atomic E-state index is -0.399. The highest BCUT2D eigenvalue weighted by Gasteiger charge is 2.11. The maximum absolute atomic E-state index is 10.9. The largest absolute Gasteiger partial charge is 0.351 e. The van der Waals surface area contributed by atoms with Crippen LogP contribution in [0.15, 0.2) is 60.7 Å². The first-order valence-electron chi connectivity index (χ1n) is 7.71. The topological polar surface area (TPSA) is 85.3 Å². The molecule has 0 bridgehead atoms. The quantitative estimate of drug-likeness (QED) is 0.557. The monoisotopic (exact) mass is 322 g/mol. The van der Waals surface area contributed by atoms with Gasteiger partial charge in [0.2, 0.25) is 0 Å².